The number of carboxylic acid groups (broad SMARTS) is 1. The molecule has 2 rings (SSSR count). The van der Waals surface area contributed by atoms with Crippen molar-refractivity contribution in [3.63, 3.8) is 0 Å². The van der Waals surface area contributed by atoms with E-state index in [0.717, 1.165) is 0 Å². The van der Waals surface area contributed by atoms with Crippen molar-refractivity contribution in [2.75, 3.05) is 11.9 Å². The molecule has 0 bridgehead atoms. The fourth-order valence-electron chi connectivity index (χ4n) is 2.58. The summed E-state index contributed by atoms with van der Waals surface area (Å²) in [6.07, 6.45) is -3.39. The molecule has 0 amide bonds. The molecule has 2 aliphatic rings. The van der Waals surface area contributed by atoms with Crippen LogP contribution in [0.5, 0.6) is 0 Å². The third kappa shape index (κ3) is 3.49. The van der Waals surface area contributed by atoms with E-state index >= 15 is 0 Å². The van der Waals surface area contributed by atoms with E-state index < -0.39 is 52.0 Å². The zero-order chi connectivity index (χ0) is 17.6. The van der Waals surface area contributed by atoms with Crippen LogP contribution in [0.1, 0.15) is 13.8 Å². The third-order valence-electron chi connectivity index (χ3n) is 3.55. The van der Waals surface area contributed by atoms with Crippen molar-refractivity contribution >= 4 is 53.8 Å². The summed E-state index contributed by atoms with van der Waals surface area (Å²) in [5.41, 5.74) is 0. The average molecular weight is 529 g/mol. The minimum atomic E-state index is -2.62. The number of rotatable bonds is 5. The monoisotopic (exact) mass is 526 g/mol. The fourth-order valence-corrected chi connectivity index (χ4v) is 4.79. The lowest BCUT2D eigenvalue weighted by molar-refractivity contribution is -0.242. The Bertz CT molecular complexity index is 475. The highest BCUT2D eigenvalue weighted by atomic mass is 79.9. The van der Waals surface area contributed by atoms with E-state index in [-0.39, 0.29) is 5.33 Å². The minimum absolute atomic E-state index is 0.219. The van der Waals surface area contributed by atoms with Crippen molar-refractivity contribution in [1.29, 1.82) is 0 Å². The molecule has 2 heterocycles. The Balaban J connectivity index is 2.37. The van der Waals surface area contributed by atoms with Crippen molar-refractivity contribution in [2.45, 2.75) is 53.3 Å². The fraction of sp³-hybridized carbons (Fsp3) is 0.917. The topological polar surface area (TPSA) is 115 Å². The minimum Gasteiger partial charge on any atom is -0.477 e. The van der Waals surface area contributed by atoms with E-state index in [1.807, 2.05) is 0 Å². The average Bonchev–Trinajstić information content (AvgIpc) is 2.95. The van der Waals surface area contributed by atoms with Gasteiger partial charge in [0.05, 0.1) is 11.9 Å². The zero-order valence-corrected chi connectivity index (χ0v) is 17.0. The molecule has 1 unspecified atom stereocenters. The first kappa shape index (κ1) is 20.0. The summed E-state index contributed by atoms with van der Waals surface area (Å²) in [6.45, 7) is 2.49. The molecule has 0 aromatic rings. The first-order valence-corrected chi connectivity index (χ1v) is 9.61. The molecule has 23 heavy (non-hydrogen) atoms. The maximum absolute atomic E-state index is 11.5. The van der Waals surface area contributed by atoms with Gasteiger partial charge in [-0.05, 0) is 13.8 Å². The van der Waals surface area contributed by atoms with Gasteiger partial charge in [-0.25, -0.2) is 4.79 Å². The summed E-state index contributed by atoms with van der Waals surface area (Å²) in [6, 6.07) is 0. The molecule has 11 heteroatoms. The van der Waals surface area contributed by atoms with E-state index in [1.165, 1.54) is 13.8 Å². The van der Waals surface area contributed by atoms with Gasteiger partial charge < -0.3 is 34.3 Å². The van der Waals surface area contributed by atoms with Crippen LogP contribution in [0.25, 0.3) is 0 Å². The summed E-state index contributed by atoms with van der Waals surface area (Å²) in [7, 11) is 0. The summed E-state index contributed by atoms with van der Waals surface area (Å²) >= 11 is 9.85. The van der Waals surface area contributed by atoms with Crippen LogP contribution in [0, 0.1) is 0 Å². The lowest BCUT2D eigenvalue weighted by Crippen LogP contribution is -2.55. The number of aliphatic carboxylic acids is 1. The Morgan fingerprint density at radius 3 is 2.30 bits per heavy atom. The normalized spacial score (nSPS) is 43.2. The maximum Gasteiger partial charge on any atom is 0.367 e. The summed E-state index contributed by atoms with van der Waals surface area (Å²) in [4.78, 5) is 11.5. The molecule has 0 radical (unpaired) electrons. The second-order valence-electron chi connectivity index (χ2n) is 5.71. The van der Waals surface area contributed by atoms with E-state index in [4.69, 9.17) is 18.9 Å². The Hall–Kier alpha value is 0.670. The highest BCUT2D eigenvalue weighted by Gasteiger charge is 2.66. The SMILES string of the molecule is CC1(C)O[C@@H]([C@@H]2OC(CBr)(C(Br)Br)O[C@@H]2CO)[C@](O)(C(=O)O)O1. The van der Waals surface area contributed by atoms with Gasteiger partial charge in [0.2, 0.25) is 5.79 Å². The molecule has 134 valence electrons. The van der Waals surface area contributed by atoms with Crippen LogP contribution in [-0.2, 0) is 23.7 Å². The van der Waals surface area contributed by atoms with Gasteiger partial charge in [0.25, 0.3) is 5.79 Å². The number of hydrogen-bond acceptors (Lipinski definition) is 7. The van der Waals surface area contributed by atoms with Crippen molar-refractivity contribution in [1.82, 2.24) is 0 Å². The predicted octanol–water partition coefficient (Wildman–Crippen LogP) is 0.894. The van der Waals surface area contributed by atoms with Gasteiger partial charge in [-0.15, -0.1) is 0 Å². The number of hydrogen-bond donors (Lipinski definition) is 3. The second kappa shape index (κ2) is 6.76. The van der Waals surface area contributed by atoms with E-state index in [1.54, 1.807) is 0 Å². The number of ether oxygens (including phenoxy) is 4. The van der Waals surface area contributed by atoms with Crippen LogP contribution in [0.3, 0.4) is 0 Å². The van der Waals surface area contributed by atoms with Gasteiger partial charge in [-0.3, -0.25) is 0 Å². The molecule has 0 saturated carbocycles. The maximum atomic E-state index is 11.5. The number of aliphatic hydroxyl groups is 2. The number of aliphatic hydroxyl groups excluding tert-OH is 1. The summed E-state index contributed by atoms with van der Waals surface area (Å²) < 4.78 is 21.8. The number of carbonyl (C=O) groups is 1. The summed E-state index contributed by atoms with van der Waals surface area (Å²) in [5.74, 6) is -6.81. The Morgan fingerprint density at radius 2 is 1.87 bits per heavy atom. The number of alkyl halides is 3. The lowest BCUT2D eigenvalue weighted by atomic mass is 10.0. The molecule has 0 aromatic heterocycles. The molecule has 2 saturated heterocycles. The van der Waals surface area contributed by atoms with Crippen molar-refractivity contribution in [3.05, 3.63) is 0 Å². The van der Waals surface area contributed by atoms with Crippen LogP contribution in [0.4, 0.5) is 0 Å². The smallest absolute Gasteiger partial charge is 0.367 e. The summed E-state index contributed by atoms with van der Waals surface area (Å²) in [5, 5.41) is 29.6. The van der Waals surface area contributed by atoms with Crippen LogP contribution >= 0.6 is 47.8 Å². The zero-order valence-electron chi connectivity index (χ0n) is 12.2. The van der Waals surface area contributed by atoms with Crippen LogP contribution < -0.4 is 0 Å². The van der Waals surface area contributed by atoms with Gasteiger partial charge >= 0.3 is 5.97 Å². The highest BCUT2D eigenvalue weighted by Crippen LogP contribution is 2.46. The molecule has 0 aliphatic carbocycles. The molecule has 5 atom stereocenters. The molecule has 2 fully saturated rings. The molecule has 3 N–H and O–H groups in total. The largest absolute Gasteiger partial charge is 0.477 e. The van der Waals surface area contributed by atoms with Crippen molar-refractivity contribution in [2.24, 2.45) is 0 Å². The van der Waals surface area contributed by atoms with Crippen molar-refractivity contribution < 1.29 is 39.1 Å². The number of carboxylic acids is 1. The van der Waals surface area contributed by atoms with Crippen molar-refractivity contribution in [3.8, 4) is 0 Å². The van der Waals surface area contributed by atoms with Gasteiger partial charge in [0.1, 0.15) is 15.9 Å². The Morgan fingerprint density at radius 1 is 1.26 bits per heavy atom. The molecule has 8 nitrogen and oxygen atoms in total. The quantitative estimate of drug-likeness (QED) is 0.451. The van der Waals surface area contributed by atoms with Gasteiger partial charge in [-0.2, -0.15) is 0 Å². The highest BCUT2D eigenvalue weighted by molar-refractivity contribution is 9.24. The van der Waals surface area contributed by atoms with Crippen LogP contribution in [-0.4, -0.2) is 72.6 Å². The van der Waals surface area contributed by atoms with E-state index in [2.05, 4.69) is 47.8 Å². The van der Waals surface area contributed by atoms with Gasteiger partial charge in [0, 0.05) is 0 Å². The Kier molecular flexibility index (Phi) is 5.88. The molecule has 0 aromatic carbocycles. The molecular formula is C12H17Br3O8. The van der Waals surface area contributed by atoms with Gasteiger partial charge in [0.15, 0.2) is 11.9 Å². The predicted molar refractivity (Wildman–Crippen MR) is 87.6 cm³/mol. The third-order valence-corrected chi connectivity index (χ3v) is 5.73. The standard InChI is InChI=1S/C12H17Br3O8/c1-10(2)22-7(12(19,23-10)9(17)18)6-5(3-16)20-11(4-13,21-6)8(14)15/h5-8,16,19H,3-4H2,1-2H3,(H,17,18)/t5-,6-,7+,11?,12-/m1/s1. The first-order chi connectivity index (χ1) is 10.5. The second-order valence-corrected chi connectivity index (χ2v) is 9.33. The molecule has 0 spiro atoms. The lowest BCUT2D eigenvalue weighted by Gasteiger charge is -2.30. The molecule has 2 aliphatic heterocycles. The van der Waals surface area contributed by atoms with Gasteiger partial charge in [-0.1, -0.05) is 47.8 Å². The van der Waals surface area contributed by atoms with Crippen LogP contribution in [0.2, 0.25) is 0 Å². The Labute approximate surface area is 157 Å². The van der Waals surface area contributed by atoms with E-state index in [9.17, 15) is 20.1 Å². The molecular weight excluding hydrogens is 512 g/mol. The van der Waals surface area contributed by atoms with Crippen LogP contribution in [0.15, 0.2) is 0 Å². The number of halogens is 3. The van der Waals surface area contributed by atoms with E-state index in [0.29, 0.717) is 0 Å². The first-order valence-electron chi connectivity index (χ1n) is 6.65.